The summed E-state index contributed by atoms with van der Waals surface area (Å²) in [6, 6.07) is 32.6. The minimum absolute atomic E-state index is 0.662. The average Bonchev–Trinajstić information content (AvgIpc) is 3.41. The molecule has 0 saturated carbocycles. The highest BCUT2D eigenvalue weighted by Crippen LogP contribution is 2.44. The fraction of sp³-hybridized carbons (Fsp3) is 0.121. The highest BCUT2D eigenvalue weighted by atomic mass is 16.5. The molecule has 1 aromatic heterocycles. The summed E-state index contributed by atoms with van der Waals surface area (Å²) in [4.78, 5) is 0. The molecule has 0 amide bonds. The van der Waals surface area contributed by atoms with E-state index in [1.165, 1.54) is 0 Å². The van der Waals surface area contributed by atoms with E-state index in [-0.39, 0.29) is 0 Å². The van der Waals surface area contributed by atoms with Crippen LogP contribution in [0.15, 0.2) is 97.1 Å². The molecule has 0 radical (unpaired) electrons. The molecule has 0 spiro atoms. The Bertz CT molecular complexity index is 1770. The van der Waals surface area contributed by atoms with Crippen molar-refractivity contribution in [1.82, 2.24) is 9.78 Å². The number of benzene rings is 5. The zero-order chi connectivity index (χ0) is 26.9. The Hall–Kier alpha value is -4.97. The summed E-state index contributed by atoms with van der Waals surface area (Å²) in [6.07, 6.45) is 0. The van der Waals surface area contributed by atoms with E-state index in [9.17, 15) is 0 Å². The van der Waals surface area contributed by atoms with Crippen molar-refractivity contribution in [2.24, 2.45) is 0 Å². The zero-order valence-electron chi connectivity index (χ0n) is 22.3. The van der Waals surface area contributed by atoms with E-state index in [1.807, 2.05) is 71.4 Å². The summed E-state index contributed by atoms with van der Waals surface area (Å²) in [7, 11) is 6.66. The van der Waals surface area contributed by atoms with Crippen LogP contribution in [0.25, 0.3) is 49.7 Å². The van der Waals surface area contributed by atoms with Gasteiger partial charge in [0.2, 0.25) is 0 Å². The van der Waals surface area contributed by atoms with Gasteiger partial charge in [0, 0.05) is 16.3 Å². The first-order valence-corrected chi connectivity index (χ1v) is 12.6. The Labute approximate surface area is 226 Å². The van der Waals surface area contributed by atoms with Gasteiger partial charge in [0.25, 0.3) is 0 Å². The number of ether oxygens (including phenoxy) is 4. The molecule has 5 aromatic carbocycles. The minimum Gasteiger partial charge on any atom is -0.497 e. The number of hydrogen-bond donors (Lipinski definition) is 0. The first-order valence-electron chi connectivity index (χ1n) is 12.6. The molecule has 0 bridgehead atoms. The molecule has 6 nitrogen and oxygen atoms in total. The maximum absolute atomic E-state index is 5.71. The topological polar surface area (TPSA) is 54.7 Å². The highest BCUT2D eigenvalue weighted by Gasteiger charge is 2.22. The number of hydrogen-bond acceptors (Lipinski definition) is 5. The van der Waals surface area contributed by atoms with Gasteiger partial charge in [0.15, 0.2) is 11.5 Å². The van der Waals surface area contributed by atoms with Crippen molar-refractivity contribution in [3.05, 3.63) is 97.1 Å². The Morgan fingerprint density at radius 3 is 1.77 bits per heavy atom. The molecule has 6 aromatic rings. The molecule has 0 saturated heterocycles. The monoisotopic (exact) mass is 516 g/mol. The van der Waals surface area contributed by atoms with Crippen molar-refractivity contribution in [3.63, 3.8) is 0 Å². The largest absolute Gasteiger partial charge is 0.497 e. The molecule has 6 heteroatoms. The van der Waals surface area contributed by atoms with E-state index in [4.69, 9.17) is 24.0 Å². The standard InChI is InChI=1S/C33H28N2O4/c1-36-25-14-10-21(11-15-25)27-18-23-19-29(38-3)30(39-4)20-28(23)33-31(27)32(22-12-16-26(37-2)17-13-22)34-35(33)24-8-6-5-7-9-24/h5-20H,1-4H3. The molecule has 6 rings (SSSR count). The molecule has 0 unspecified atom stereocenters. The van der Waals surface area contributed by atoms with Gasteiger partial charge in [-0.2, -0.15) is 5.10 Å². The molecule has 194 valence electrons. The third-order valence-corrected chi connectivity index (χ3v) is 7.03. The van der Waals surface area contributed by atoms with E-state index in [2.05, 4.69) is 30.3 Å². The van der Waals surface area contributed by atoms with Crippen LogP contribution in [0.1, 0.15) is 0 Å². The molecule has 0 N–H and O–H groups in total. The summed E-state index contributed by atoms with van der Waals surface area (Å²) < 4.78 is 24.3. The smallest absolute Gasteiger partial charge is 0.161 e. The Balaban J connectivity index is 1.79. The Kier molecular flexibility index (Phi) is 6.29. The summed E-state index contributed by atoms with van der Waals surface area (Å²) >= 11 is 0. The van der Waals surface area contributed by atoms with Crippen LogP contribution in [0.4, 0.5) is 0 Å². The van der Waals surface area contributed by atoms with Gasteiger partial charge >= 0.3 is 0 Å². The lowest BCUT2D eigenvalue weighted by molar-refractivity contribution is 0.356. The lowest BCUT2D eigenvalue weighted by Gasteiger charge is -2.14. The third kappa shape index (κ3) is 4.20. The summed E-state index contributed by atoms with van der Waals surface area (Å²) in [5.41, 5.74) is 5.92. The van der Waals surface area contributed by atoms with Crippen LogP contribution in [0, 0.1) is 0 Å². The Morgan fingerprint density at radius 2 is 1.18 bits per heavy atom. The number of para-hydroxylation sites is 1. The molecule has 39 heavy (non-hydrogen) atoms. The van der Waals surface area contributed by atoms with Gasteiger partial charge < -0.3 is 18.9 Å². The maximum Gasteiger partial charge on any atom is 0.161 e. The second-order valence-corrected chi connectivity index (χ2v) is 9.13. The van der Waals surface area contributed by atoms with E-state index in [0.717, 1.165) is 61.2 Å². The van der Waals surface area contributed by atoms with E-state index >= 15 is 0 Å². The second kappa shape index (κ2) is 10.1. The first-order chi connectivity index (χ1) is 19.1. The lowest BCUT2D eigenvalue weighted by Crippen LogP contribution is -1.97. The quantitative estimate of drug-likeness (QED) is 0.219. The predicted octanol–water partition coefficient (Wildman–Crippen LogP) is 7.55. The summed E-state index contributed by atoms with van der Waals surface area (Å²) in [5, 5.41) is 8.30. The molecular formula is C33H28N2O4. The summed E-state index contributed by atoms with van der Waals surface area (Å²) in [5.74, 6) is 2.93. The van der Waals surface area contributed by atoms with Crippen molar-refractivity contribution in [2.75, 3.05) is 28.4 Å². The molecule has 0 aliphatic heterocycles. The fourth-order valence-corrected chi connectivity index (χ4v) is 5.07. The number of methoxy groups -OCH3 is 4. The van der Waals surface area contributed by atoms with Crippen molar-refractivity contribution in [2.45, 2.75) is 0 Å². The van der Waals surface area contributed by atoms with E-state index < -0.39 is 0 Å². The maximum atomic E-state index is 5.71. The van der Waals surface area contributed by atoms with E-state index in [0.29, 0.717) is 11.5 Å². The molecule has 0 aliphatic carbocycles. The van der Waals surface area contributed by atoms with Crippen LogP contribution < -0.4 is 18.9 Å². The van der Waals surface area contributed by atoms with Crippen LogP contribution in [-0.2, 0) is 0 Å². The van der Waals surface area contributed by atoms with Crippen molar-refractivity contribution in [1.29, 1.82) is 0 Å². The molecule has 0 atom stereocenters. The number of nitrogens with zero attached hydrogens (tertiary/aromatic N) is 2. The van der Waals surface area contributed by atoms with Crippen LogP contribution >= 0.6 is 0 Å². The number of fused-ring (bicyclic) bond motifs is 3. The lowest BCUT2D eigenvalue weighted by atomic mass is 9.93. The van der Waals surface area contributed by atoms with Crippen LogP contribution in [0.2, 0.25) is 0 Å². The van der Waals surface area contributed by atoms with Crippen LogP contribution in [0.3, 0.4) is 0 Å². The van der Waals surface area contributed by atoms with E-state index in [1.54, 1.807) is 28.4 Å². The van der Waals surface area contributed by atoms with Crippen molar-refractivity contribution in [3.8, 4) is 51.1 Å². The van der Waals surface area contributed by atoms with Gasteiger partial charge in [-0.15, -0.1) is 0 Å². The second-order valence-electron chi connectivity index (χ2n) is 9.13. The van der Waals surface area contributed by atoms with Gasteiger partial charge in [-0.3, -0.25) is 0 Å². The predicted molar refractivity (Wildman–Crippen MR) is 156 cm³/mol. The molecule has 0 fully saturated rings. The molecule has 1 heterocycles. The first kappa shape index (κ1) is 24.4. The molecular weight excluding hydrogens is 488 g/mol. The third-order valence-electron chi connectivity index (χ3n) is 7.03. The minimum atomic E-state index is 0.662. The summed E-state index contributed by atoms with van der Waals surface area (Å²) in [6.45, 7) is 0. The fourth-order valence-electron chi connectivity index (χ4n) is 5.07. The van der Waals surface area contributed by atoms with Gasteiger partial charge in [0.05, 0.1) is 39.6 Å². The van der Waals surface area contributed by atoms with Crippen LogP contribution in [0.5, 0.6) is 23.0 Å². The Morgan fingerprint density at radius 1 is 0.590 bits per heavy atom. The van der Waals surface area contributed by atoms with Gasteiger partial charge in [0.1, 0.15) is 17.2 Å². The highest BCUT2D eigenvalue weighted by molar-refractivity contribution is 6.17. The number of rotatable bonds is 7. The van der Waals surface area contributed by atoms with Gasteiger partial charge in [-0.05, 0) is 83.2 Å². The average molecular weight is 517 g/mol. The zero-order valence-corrected chi connectivity index (χ0v) is 22.3. The molecule has 0 aliphatic rings. The van der Waals surface area contributed by atoms with Crippen molar-refractivity contribution >= 4 is 21.7 Å². The number of aromatic nitrogens is 2. The van der Waals surface area contributed by atoms with Crippen LogP contribution in [-0.4, -0.2) is 38.2 Å². The van der Waals surface area contributed by atoms with Crippen molar-refractivity contribution < 1.29 is 18.9 Å². The van der Waals surface area contributed by atoms with Gasteiger partial charge in [-0.1, -0.05) is 30.3 Å². The SMILES string of the molecule is COc1ccc(-c2cc3cc(OC)c(OC)cc3c3c2c(-c2ccc(OC)cc2)nn3-c2ccccc2)cc1. The van der Waals surface area contributed by atoms with Gasteiger partial charge in [-0.25, -0.2) is 4.68 Å². The normalized spacial score (nSPS) is 11.1.